The van der Waals surface area contributed by atoms with Crippen LogP contribution in [-0.4, -0.2) is 29.3 Å². The molecule has 1 rings (SSSR count). The molecule has 0 radical (unpaired) electrons. The molecule has 0 bridgehead atoms. The minimum absolute atomic E-state index is 0.00815. The maximum absolute atomic E-state index is 10.3. The molecule has 1 aromatic rings. The minimum Gasteiger partial charge on any atom is -0.492 e. The van der Waals surface area contributed by atoms with Crippen LogP contribution in [0.4, 0.5) is 5.69 Å². The highest BCUT2D eigenvalue weighted by atomic mass is 16.6. The first-order valence-corrected chi connectivity index (χ1v) is 4.37. The average Bonchev–Trinajstić information content (AvgIpc) is 2.26. The standard InChI is InChI=1S/C9H12N2O4/c10-7(5-12)6-15-9-3-1-8(2-4-9)11(13)14/h1-4,7,12H,5-6,10H2/t7-/m1/s1. The number of non-ortho nitro benzene ring substituents is 1. The van der Waals surface area contributed by atoms with Gasteiger partial charge in [-0.2, -0.15) is 0 Å². The fourth-order valence-electron chi connectivity index (χ4n) is 0.920. The molecule has 6 heteroatoms. The topological polar surface area (TPSA) is 98.6 Å². The van der Waals surface area contributed by atoms with Crippen molar-refractivity contribution in [1.29, 1.82) is 0 Å². The number of rotatable bonds is 5. The third-order valence-corrected chi connectivity index (χ3v) is 1.75. The zero-order valence-electron chi connectivity index (χ0n) is 8.00. The van der Waals surface area contributed by atoms with E-state index in [4.69, 9.17) is 15.6 Å². The average molecular weight is 212 g/mol. The summed E-state index contributed by atoms with van der Waals surface area (Å²) in [5.41, 5.74) is 5.42. The van der Waals surface area contributed by atoms with Gasteiger partial charge in [-0.05, 0) is 12.1 Å². The van der Waals surface area contributed by atoms with Crippen LogP contribution in [-0.2, 0) is 0 Å². The van der Waals surface area contributed by atoms with Crippen molar-refractivity contribution in [2.24, 2.45) is 5.73 Å². The van der Waals surface area contributed by atoms with E-state index < -0.39 is 11.0 Å². The molecule has 3 N–H and O–H groups in total. The van der Waals surface area contributed by atoms with Crippen LogP contribution in [0, 0.1) is 10.1 Å². The molecule has 0 amide bonds. The van der Waals surface area contributed by atoms with E-state index in [1.807, 2.05) is 0 Å². The maximum atomic E-state index is 10.3. The summed E-state index contributed by atoms with van der Waals surface area (Å²) in [6.45, 7) is 0.0152. The van der Waals surface area contributed by atoms with Crippen LogP contribution in [0.15, 0.2) is 24.3 Å². The molecule has 1 atom stereocenters. The van der Waals surface area contributed by atoms with Crippen LogP contribution < -0.4 is 10.5 Å². The van der Waals surface area contributed by atoms with Crippen molar-refractivity contribution in [3.05, 3.63) is 34.4 Å². The van der Waals surface area contributed by atoms with Gasteiger partial charge in [0.1, 0.15) is 12.4 Å². The minimum atomic E-state index is -0.483. The number of hydrogen-bond donors (Lipinski definition) is 2. The maximum Gasteiger partial charge on any atom is 0.269 e. The highest BCUT2D eigenvalue weighted by Crippen LogP contribution is 2.17. The second-order valence-corrected chi connectivity index (χ2v) is 3.00. The van der Waals surface area contributed by atoms with Crippen molar-refractivity contribution in [2.75, 3.05) is 13.2 Å². The molecule has 82 valence electrons. The summed E-state index contributed by atoms with van der Waals surface area (Å²) < 4.78 is 5.19. The van der Waals surface area contributed by atoms with Crippen molar-refractivity contribution >= 4 is 5.69 Å². The van der Waals surface area contributed by atoms with Gasteiger partial charge in [0.25, 0.3) is 5.69 Å². The van der Waals surface area contributed by atoms with Crippen LogP contribution in [0.1, 0.15) is 0 Å². The van der Waals surface area contributed by atoms with Crippen LogP contribution in [0.5, 0.6) is 5.75 Å². The summed E-state index contributed by atoms with van der Waals surface area (Å²) in [6, 6.07) is 5.23. The number of nitro benzene ring substituents is 1. The Morgan fingerprint density at radius 2 is 2.07 bits per heavy atom. The molecule has 0 aliphatic carbocycles. The van der Waals surface area contributed by atoms with Gasteiger partial charge < -0.3 is 15.6 Å². The van der Waals surface area contributed by atoms with Gasteiger partial charge in [0, 0.05) is 12.1 Å². The summed E-state index contributed by atoms with van der Waals surface area (Å²) in [6.07, 6.45) is 0. The van der Waals surface area contributed by atoms with E-state index in [1.165, 1.54) is 24.3 Å². The zero-order chi connectivity index (χ0) is 11.3. The van der Waals surface area contributed by atoms with Gasteiger partial charge in [0.2, 0.25) is 0 Å². The molecular formula is C9H12N2O4. The fourth-order valence-corrected chi connectivity index (χ4v) is 0.920. The van der Waals surface area contributed by atoms with E-state index >= 15 is 0 Å². The molecule has 0 aliphatic heterocycles. The van der Waals surface area contributed by atoms with E-state index in [2.05, 4.69) is 0 Å². The summed E-state index contributed by atoms with van der Waals surface area (Å²) in [5.74, 6) is 0.490. The molecule has 15 heavy (non-hydrogen) atoms. The predicted molar refractivity (Wildman–Crippen MR) is 53.7 cm³/mol. The second-order valence-electron chi connectivity index (χ2n) is 3.00. The normalized spacial score (nSPS) is 12.1. The van der Waals surface area contributed by atoms with Crippen molar-refractivity contribution in [2.45, 2.75) is 6.04 Å². The Morgan fingerprint density at radius 1 is 1.47 bits per heavy atom. The Bertz CT molecular complexity index is 325. The lowest BCUT2D eigenvalue weighted by atomic mass is 10.3. The molecule has 0 unspecified atom stereocenters. The van der Waals surface area contributed by atoms with Crippen LogP contribution in [0.25, 0.3) is 0 Å². The number of ether oxygens (including phenoxy) is 1. The molecule has 0 fully saturated rings. The summed E-state index contributed by atoms with van der Waals surface area (Å²) in [7, 11) is 0. The van der Waals surface area contributed by atoms with Crippen LogP contribution >= 0.6 is 0 Å². The van der Waals surface area contributed by atoms with Gasteiger partial charge in [-0.25, -0.2) is 0 Å². The molecule has 0 aliphatic rings. The lowest BCUT2D eigenvalue weighted by Gasteiger charge is -2.09. The number of nitro groups is 1. The fraction of sp³-hybridized carbons (Fsp3) is 0.333. The largest absolute Gasteiger partial charge is 0.492 e. The van der Waals surface area contributed by atoms with Crippen molar-refractivity contribution in [3.8, 4) is 5.75 Å². The molecule has 0 aromatic heterocycles. The smallest absolute Gasteiger partial charge is 0.269 e. The van der Waals surface area contributed by atoms with Crippen molar-refractivity contribution in [1.82, 2.24) is 0 Å². The summed E-state index contributed by atoms with van der Waals surface area (Å²) in [4.78, 5) is 9.85. The number of aliphatic hydroxyl groups excluding tert-OH is 1. The quantitative estimate of drug-likeness (QED) is 0.540. The second kappa shape index (κ2) is 5.28. The zero-order valence-corrected chi connectivity index (χ0v) is 8.00. The molecule has 0 spiro atoms. The number of aliphatic hydroxyl groups is 1. The van der Waals surface area contributed by atoms with Crippen LogP contribution in [0.2, 0.25) is 0 Å². The van der Waals surface area contributed by atoms with E-state index in [0.29, 0.717) is 5.75 Å². The van der Waals surface area contributed by atoms with Gasteiger partial charge in [-0.1, -0.05) is 0 Å². The van der Waals surface area contributed by atoms with E-state index in [9.17, 15) is 10.1 Å². The highest BCUT2D eigenvalue weighted by molar-refractivity contribution is 5.35. The molecule has 0 saturated carbocycles. The first-order chi connectivity index (χ1) is 7.13. The third-order valence-electron chi connectivity index (χ3n) is 1.75. The van der Waals surface area contributed by atoms with Crippen molar-refractivity contribution in [3.63, 3.8) is 0 Å². The Morgan fingerprint density at radius 3 is 2.53 bits per heavy atom. The van der Waals surface area contributed by atoms with Crippen LogP contribution in [0.3, 0.4) is 0 Å². The Balaban J connectivity index is 2.53. The Hall–Kier alpha value is -1.66. The van der Waals surface area contributed by atoms with Crippen molar-refractivity contribution < 1.29 is 14.8 Å². The third kappa shape index (κ3) is 3.53. The summed E-state index contributed by atoms with van der Waals surface area (Å²) >= 11 is 0. The van der Waals surface area contributed by atoms with Gasteiger partial charge >= 0.3 is 0 Å². The SMILES string of the molecule is N[C@H](CO)COc1ccc([N+](=O)[O-])cc1. The van der Waals surface area contributed by atoms with E-state index in [0.717, 1.165) is 0 Å². The Kier molecular flexibility index (Phi) is 4.02. The molecule has 0 saturated heterocycles. The number of hydrogen-bond acceptors (Lipinski definition) is 5. The molecular weight excluding hydrogens is 200 g/mol. The lowest BCUT2D eigenvalue weighted by molar-refractivity contribution is -0.384. The molecule has 1 aromatic carbocycles. The van der Waals surface area contributed by atoms with E-state index in [-0.39, 0.29) is 18.9 Å². The predicted octanol–water partition coefficient (Wildman–Crippen LogP) is 0.293. The number of nitrogens with zero attached hydrogens (tertiary/aromatic N) is 1. The monoisotopic (exact) mass is 212 g/mol. The van der Waals surface area contributed by atoms with Gasteiger partial charge in [0.05, 0.1) is 17.6 Å². The molecule has 6 nitrogen and oxygen atoms in total. The number of nitrogens with two attached hydrogens (primary N) is 1. The highest BCUT2D eigenvalue weighted by Gasteiger charge is 2.05. The summed E-state index contributed by atoms with van der Waals surface area (Å²) in [5, 5.41) is 19.0. The Labute approximate surface area is 86.4 Å². The first kappa shape index (κ1) is 11.4. The van der Waals surface area contributed by atoms with E-state index in [1.54, 1.807) is 0 Å². The van der Waals surface area contributed by atoms with Gasteiger partial charge in [-0.15, -0.1) is 0 Å². The van der Waals surface area contributed by atoms with Gasteiger partial charge in [0.15, 0.2) is 0 Å². The number of benzene rings is 1. The molecule has 0 heterocycles. The lowest BCUT2D eigenvalue weighted by Crippen LogP contribution is -2.31. The van der Waals surface area contributed by atoms with Gasteiger partial charge in [-0.3, -0.25) is 10.1 Å². The first-order valence-electron chi connectivity index (χ1n) is 4.37.